The van der Waals surface area contributed by atoms with E-state index >= 15 is 0 Å². The number of rotatable bonds is 8. The summed E-state index contributed by atoms with van der Waals surface area (Å²) in [5.74, 6) is -0.686. The first kappa shape index (κ1) is 14.4. The zero-order chi connectivity index (χ0) is 11.8. The number of unbranched alkanes of at least 4 members (excludes halogenated alkanes) is 1. The summed E-state index contributed by atoms with van der Waals surface area (Å²) < 4.78 is 0. The average molecular weight is 215 g/mol. The molecule has 0 amide bonds. The van der Waals surface area contributed by atoms with Gasteiger partial charge in [0.2, 0.25) is 0 Å². The van der Waals surface area contributed by atoms with Crippen LogP contribution in [0.15, 0.2) is 0 Å². The molecular weight excluding hydrogens is 190 g/mol. The number of nitrogens with zero attached hydrogens (tertiary/aromatic N) is 1. The van der Waals surface area contributed by atoms with Crippen LogP contribution in [0.2, 0.25) is 0 Å². The fourth-order valence-electron chi connectivity index (χ4n) is 1.81. The van der Waals surface area contributed by atoms with E-state index in [1.165, 1.54) is 0 Å². The van der Waals surface area contributed by atoms with Gasteiger partial charge in [-0.25, -0.2) is 0 Å². The van der Waals surface area contributed by atoms with Crippen molar-refractivity contribution in [3.8, 4) is 0 Å². The zero-order valence-corrected chi connectivity index (χ0v) is 10.5. The standard InChI is InChI=1S/C12H25NO2/c1-5-8-9-13(10(4)6-2)11(7-3)12(14)15/h10-11H,5-9H2,1-4H3,(H,14,15). The summed E-state index contributed by atoms with van der Waals surface area (Å²) in [6, 6.07) is 0.0455. The number of carbonyl (C=O) groups is 1. The lowest BCUT2D eigenvalue weighted by Crippen LogP contribution is -2.46. The fraction of sp³-hybridized carbons (Fsp3) is 0.917. The molecule has 0 aliphatic heterocycles. The number of aliphatic carboxylic acids is 1. The van der Waals surface area contributed by atoms with E-state index in [1.54, 1.807) is 0 Å². The SMILES string of the molecule is CCCCN(C(C)CC)C(CC)C(=O)O. The van der Waals surface area contributed by atoms with E-state index in [0.717, 1.165) is 25.8 Å². The van der Waals surface area contributed by atoms with Crippen molar-refractivity contribution in [2.75, 3.05) is 6.54 Å². The van der Waals surface area contributed by atoms with Crippen LogP contribution in [0, 0.1) is 0 Å². The second kappa shape index (κ2) is 7.69. The van der Waals surface area contributed by atoms with E-state index in [4.69, 9.17) is 5.11 Å². The van der Waals surface area contributed by atoms with Gasteiger partial charge in [-0.3, -0.25) is 9.69 Å². The maximum absolute atomic E-state index is 11.1. The van der Waals surface area contributed by atoms with Gasteiger partial charge in [0.05, 0.1) is 0 Å². The number of hydrogen-bond acceptors (Lipinski definition) is 2. The maximum atomic E-state index is 11.1. The van der Waals surface area contributed by atoms with E-state index in [-0.39, 0.29) is 6.04 Å². The molecule has 0 saturated carbocycles. The first-order chi connectivity index (χ1) is 7.08. The van der Waals surface area contributed by atoms with Crippen LogP contribution in [0.3, 0.4) is 0 Å². The molecule has 0 bridgehead atoms. The third-order valence-electron chi connectivity index (χ3n) is 3.00. The quantitative estimate of drug-likeness (QED) is 0.677. The molecule has 2 unspecified atom stereocenters. The third-order valence-corrected chi connectivity index (χ3v) is 3.00. The highest BCUT2D eigenvalue weighted by Crippen LogP contribution is 2.13. The Balaban J connectivity index is 4.49. The topological polar surface area (TPSA) is 40.5 Å². The lowest BCUT2D eigenvalue weighted by atomic mass is 10.1. The van der Waals surface area contributed by atoms with E-state index in [0.29, 0.717) is 12.5 Å². The Hall–Kier alpha value is -0.570. The third kappa shape index (κ3) is 4.65. The Morgan fingerprint density at radius 1 is 1.27 bits per heavy atom. The molecule has 0 aromatic rings. The van der Waals surface area contributed by atoms with Gasteiger partial charge in [-0.1, -0.05) is 27.2 Å². The van der Waals surface area contributed by atoms with Crippen molar-refractivity contribution in [2.45, 2.75) is 65.5 Å². The van der Waals surface area contributed by atoms with Crippen LogP contribution in [-0.2, 0) is 4.79 Å². The van der Waals surface area contributed by atoms with Crippen LogP contribution in [0.1, 0.15) is 53.4 Å². The van der Waals surface area contributed by atoms with E-state index < -0.39 is 5.97 Å². The number of carboxylic acids is 1. The summed E-state index contributed by atoms with van der Waals surface area (Å²) in [5, 5.41) is 9.15. The molecule has 0 saturated heterocycles. The van der Waals surface area contributed by atoms with Crippen LogP contribution in [0.4, 0.5) is 0 Å². The van der Waals surface area contributed by atoms with Crippen LogP contribution >= 0.6 is 0 Å². The smallest absolute Gasteiger partial charge is 0.320 e. The van der Waals surface area contributed by atoms with Gasteiger partial charge >= 0.3 is 5.97 Å². The monoisotopic (exact) mass is 215 g/mol. The first-order valence-electron chi connectivity index (χ1n) is 6.06. The summed E-state index contributed by atoms with van der Waals surface area (Å²) in [7, 11) is 0. The summed E-state index contributed by atoms with van der Waals surface area (Å²) >= 11 is 0. The van der Waals surface area contributed by atoms with Crippen LogP contribution < -0.4 is 0 Å². The van der Waals surface area contributed by atoms with Crippen molar-refractivity contribution in [1.29, 1.82) is 0 Å². The molecule has 0 rings (SSSR count). The highest BCUT2D eigenvalue weighted by molar-refractivity contribution is 5.73. The summed E-state index contributed by atoms with van der Waals surface area (Å²) in [6.45, 7) is 9.20. The second-order valence-electron chi connectivity index (χ2n) is 4.11. The maximum Gasteiger partial charge on any atom is 0.320 e. The minimum atomic E-state index is -0.686. The van der Waals surface area contributed by atoms with Gasteiger partial charge in [-0.15, -0.1) is 0 Å². The van der Waals surface area contributed by atoms with Gasteiger partial charge < -0.3 is 5.11 Å². The molecule has 0 aliphatic rings. The molecule has 0 fully saturated rings. The predicted octanol–water partition coefficient (Wildman–Crippen LogP) is 2.75. The van der Waals surface area contributed by atoms with Gasteiger partial charge in [0.1, 0.15) is 6.04 Å². The second-order valence-corrected chi connectivity index (χ2v) is 4.11. The van der Waals surface area contributed by atoms with E-state index in [2.05, 4.69) is 25.7 Å². The molecule has 0 radical (unpaired) electrons. The zero-order valence-electron chi connectivity index (χ0n) is 10.5. The Labute approximate surface area is 93.5 Å². The van der Waals surface area contributed by atoms with Crippen molar-refractivity contribution in [2.24, 2.45) is 0 Å². The normalized spacial score (nSPS) is 15.3. The molecule has 3 heteroatoms. The van der Waals surface area contributed by atoms with Crippen molar-refractivity contribution in [3.05, 3.63) is 0 Å². The fourth-order valence-corrected chi connectivity index (χ4v) is 1.81. The number of carboxylic acid groups (broad SMARTS) is 1. The Morgan fingerprint density at radius 3 is 2.20 bits per heavy atom. The number of hydrogen-bond donors (Lipinski definition) is 1. The molecule has 3 nitrogen and oxygen atoms in total. The minimum Gasteiger partial charge on any atom is -0.480 e. The Kier molecular flexibility index (Phi) is 7.39. The van der Waals surface area contributed by atoms with Gasteiger partial charge in [0, 0.05) is 6.04 Å². The van der Waals surface area contributed by atoms with Gasteiger partial charge in [0.15, 0.2) is 0 Å². The molecule has 15 heavy (non-hydrogen) atoms. The van der Waals surface area contributed by atoms with Crippen LogP contribution in [0.5, 0.6) is 0 Å². The van der Waals surface area contributed by atoms with Crippen LogP contribution in [0.25, 0.3) is 0 Å². The molecule has 90 valence electrons. The van der Waals surface area contributed by atoms with Gasteiger partial charge in [0.25, 0.3) is 0 Å². The molecular formula is C12H25NO2. The lowest BCUT2D eigenvalue weighted by molar-refractivity contribution is -0.144. The predicted molar refractivity (Wildman–Crippen MR) is 63.1 cm³/mol. The molecule has 1 N–H and O–H groups in total. The highest BCUT2D eigenvalue weighted by atomic mass is 16.4. The van der Waals surface area contributed by atoms with Crippen molar-refractivity contribution >= 4 is 5.97 Å². The average Bonchev–Trinajstić information content (AvgIpc) is 2.22. The molecule has 0 heterocycles. The van der Waals surface area contributed by atoms with Gasteiger partial charge in [-0.2, -0.15) is 0 Å². The summed E-state index contributed by atoms with van der Waals surface area (Å²) in [6.07, 6.45) is 3.88. The summed E-state index contributed by atoms with van der Waals surface area (Å²) in [4.78, 5) is 13.2. The molecule has 2 atom stereocenters. The van der Waals surface area contributed by atoms with Crippen molar-refractivity contribution in [3.63, 3.8) is 0 Å². The van der Waals surface area contributed by atoms with Crippen molar-refractivity contribution < 1.29 is 9.90 Å². The molecule has 0 aromatic carbocycles. The van der Waals surface area contributed by atoms with Crippen LogP contribution in [-0.4, -0.2) is 34.6 Å². The summed E-state index contributed by atoms with van der Waals surface area (Å²) in [5.41, 5.74) is 0. The molecule has 0 aliphatic carbocycles. The lowest BCUT2D eigenvalue weighted by Gasteiger charge is -2.33. The Morgan fingerprint density at radius 2 is 1.87 bits per heavy atom. The highest BCUT2D eigenvalue weighted by Gasteiger charge is 2.26. The largest absolute Gasteiger partial charge is 0.480 e. The van der Waals surface area contributed by atoms with Crippen molar-refractivity contribution in [1.82, 2.24) is 4.90 Å². The minimum absolute atomic E-state index is 0.313. The first-order valence-corrected chi connectivity index (χ1v) is 6.06. The Bertz CT molecular complexity index is 182. The van der Waals surface area contributed by atoms with Gasteiger partial charge in [-0.05, 0) is 32.7 Å². The van der Waals surface area contributed by atoms with E-state index in [1.807, 2.05) is 6.92 Å². The molecule has 0 spiro atoms. The molecule has 0 aromatic heterocycles. The van der Waals surface area contributed by atoms with E-state index in [9.17, 15) is 4.79 Å².